The Morgan fingerprint density at radius 2 is 1.50 bits per heavy atom. The van der Waals surface area contributed by atoms with Gasteiger partial charge in [-0.05, 0) is 73.2 Å². The third kappa shape index (κ3) is 6.29. The normalized spacial score (nSPS) is 11.7. The van der Waals surface area contributed by atoms with Crippen molar-refractivity contribution in [1.82, 2.24) is 9.97 Å². The van der Waals surface area contributed by atoms with E-state index in [9.17, 15) is 23.5 Å². The molecule has 0 amide bonds. The quantitative estimate of drug-likeness (QED) is 0.394. The molecule has 0 unspecified atom stereocenters. The van der Waals surface area contributed by atoms with E-state index in [0.29, 0.717) is 53.6 Å². The number of carbonyl (C=O) groups excluding carboxylic acids is 2. The van der Waals surface area contributed by atoms with Gasteiger partial charge in [-0.3, -0.25) is 14.8 Å². The van der Waals surface area contributed by atoms with Crippen molar-refractivity contribution < 1.29 is 53.0 Å². The van der Waals surface area contributed by atoms with E-state index >= 15 is 0 Å². The molecule has 0 radical (unpaired) electrons. The number of aromatic carboxylic acids is 1. The van der Waals surface area contributed by atoms with Crippen LogP contribution < -0.4 is 34.7 Å². The molecule has 5 rings (SSSR count). The Morgan fingerprint density at radius 1 is 0.806 bits per heavy atom. The fraction of sp³-hybridized carbons (Fsp3) is 0.143. The summed E-state index contributed by atoms with van der Waals surface area (Å²) in [5, 5.41) is 10.9. The van der Waals surface area contributed by atoms with Crippen LogP contribution in [0.3, 0.4) is 0 Å². The molecule has 5 nitrogen and oxygen atoms in total. The van der Waals surface area contributed by atoms with Gasteiger partial charge in [-0.2, -0.15) is 0 Å². The van der Waals surface area contributed by atoms with E-state index < -0.39 is 5.97 Å². The molecule has 4 aromatic rings. The Labute approximate surface area is 229 Å². The molecule has 36 heavy (non-hydrogen) atoms. The largest absolute Gasteiger partial charge is 1.00 e. The Kier molecular flexibility index (Phi) is 9.58. The van der Waals surface area contributed by atoms with Gasteiger partial charge in [0.25, 0.3) is 0 Å². The summed E-state index contributed by atoms with van der Waals surface area (Å²) in [7, 11) is 0. The Hall–Kier alpha value is -3.26. The van der Waals surface area contributed by atoms with Crippen LogP contribution in [0.2, 0.25) is 0 Å². The minimum absolute atomic E-state index is 0. The summed E-state index contributed by atoms with van der Waals surface area (Å²) in [6, 6.07) is 17.6. The van der Waals surface area contributed by atoms with Crippen LogP contribution in [0.1, 0.15) is 48.8 Å². The summed E-state index contributed by atoms with van der Waals surface area (Å²) in [6.45, 7) is 0. The van der Waals surface area contributed by atoms with Gasteiger partial charge in [0.05, 0.1) is 11.7 Å². The molecule has 0 atom stereocenters. The van der Waals surface area contributed by atoms with Gasteiger partial charge >= 0.3 is 29.6 Å². The summed E-state index contributed by atoms with van der Waals surface area (Å²) in [6.07, 6.45) is 5.09. The zero-order valence-electron chi connectivity index (χ0n) is 19.7. The number of halogens is 2. The number of aryl methyl sites for hydroxylation is 3. The number of carbonyl (C=O) groups is 2. The summed E-state index contributed by atoms with van der Waals surface area (Å²) >= 11 is 0. The molecule has 8 heteroatoms. The first-order valence-electron chi connectivity index (χ1n) is 11.1. The van der Waals surface area contributed by atoms with Crippen LogP contribution in [-0.2, 0) is 25.7 Å². The van der Waals surface area contributed by atoms with Gasteiger partial charge in [0, 0.05) is 34.8 Å². The van der Waals surface area contributed by atoms with E-state index in [2.05, 4.69) is 9.97 Å². The van der Waals surface area contributed by atoms with Crippen molar-refractivity contribution in [2.75, 3.05) is 0 Å². The van der Waals surface area contributed by atoms with Crippen LogP contribution in [0.4, 0.5) is 8.78 Å². The first kappa shape index (κ1) is 27.3. The number of hydrogen-bond donors (Lipinski definition) is 0. The van der Waals surface area contributed by atoms with Crippen molar-refractivity contribution in [2.45, 2.75) is 25.7 Å². The van der Waals surface area contributed by atoms with Gasteiger partial charge in [0.1, 0.15) is 11.6 Å². The first-order chi connectivity index (χ1) is 17.0. The molecule has 0 aliphatic heterocycles. The number of fused-ring (bicyclic) bond motifs is 2. The van der Waals surface area contributed by atoms with E-state index in [1.807, 2.05) is 0 Å². The minimum atomic E-state index is -1.26. The van der Waals surface area contributed by atoms with Gasteiger partial charge in [0.2, 0.25) is 0 Å². The topological polar surface area (TPSA) is 83.0 Å². The number of hydrogen-bond acceptors (Lipinski definition) is 5. The van der Waals surface area contributed by atoms with E-state index in [1.165, 1.54) is 30.5 Å². The van der Waals surface area contributed by atoms with Crippen molar-refractivity contribution in [3.8, 4) is 0 Å². The number of carboxylic acids is 1. The second-order valence-electron chi connectivity index (χ2n) is 7.97. The van der Waals surface area contributed by atoms with Gasteiger partial charge in [-0.25, -0.2) is 8.78 Å². The zero-order valence-corrected chi connectivity index (χ0v) is 21.7. The fourth-order valence-electron chi connectivity index (χ4n) is 4.04. The van der Waals surface area contributed by atoms with Crippen LogP contribution in [-0.4, -0.2) is 21.7 Å². The molecule has 0 saturated heterocycles. The maximum absolute atomic E-state index is 13.7. The smallest absolute Gasteiger partial charge is 0.545 e. The monoisotopic (exact) mass is 494 g/mol. The molecule has 0 saturated carbocycles. The third-order valence-electron chi connectivity index (χ3n) is 5.81. The number of carboxylic acid groups (broad SMARTS) is 1. The molecule has 2 heterocycles. The predicted octanol–water partition coefficient (Wildman–Crippen LogP) is 0.924. The summed E-state index contributed by atoms with van der Waals surface area (Å²) in [5.41, 5.74) is 3.36. The molecule has 1 aliphatic carbocycles. The van der Waals surface area contributed by atoms with Gasteiger partial charge in [-0.15, -0.1) is 0 Å². The average molecular weight is 494 g/mol. The molecular formula is C28H21F2N2NaO3. The second kappa shape index (κ2) is 12.6. The predicted molar refractivity (Wildman–Crippen MR) is 124 cm³/mol. The number of nitrogens with zero attached hydrogens (tertiary/aromatic N) is 2. The molecule has 2 aromatic heterocycles. The van der Waals surface area contributed by atoms with Crippen LogP contribution in [0.5, 0.6) is 0 Å². The van der Waals surface area contributed by atoms with Crippen LogP contribution >= 0.6 is 0 Å². The van der Waals surface area contributed by atoms with Crippen molar-refractivity contribution in [2.24, 2.45) is 0 Å². The minimum Gasteiger partial charge on any atom is -0.545 e. The Bertz CT molecular complexity index is 1390. The fourth-order valence-corrected chi connectivity index (χ4v) is 4.04. The number of aromatic nitrogens is 2. The SMILES string of the molecule is O=C([O-])c1cccnc1CCc1ccccc1F.O=C1c2cccnc2CCc2c(F)cccc21.[Na+]. The number of pyridine rings is 2. The van der Waals surface area contributed by atoms with Crippen LogP contribution in [0, 0.1) is 11.6 Å². The zero-order chi connectivity index (χ0) is 24.8. The maximum atomic E-state index is 13.7. The third-order valence-corrected chi connectivity index (χ3v) is 5.81. The van der Waals surface area contributed by atoms with Crippen molar-refractivity contribution in [1.29, 1.82) is 0 Å². The summed E-state index contributed by atoms with van der Waals surface area (Å²) in [5.74, 6) is -1.97. The number of rotatable bonds is 4. The summed E-state index contributed by atoms with van der Waals surface area (Å²) in [4.78, 5) is 31.3. The molecule has 0 spiro atoms. The molecule has 0 fully saturated rings. The maximum Gasteiger partial charge on any atom is 1.00 e. The van der Waals surface area contributed by atoms with E-state index in [1.54, 1.807) is 48.7 Å². The molecule has 2 aromatic carbocycles. The van der Waals surface area contributed by atoms with E-state index in [-0.39, 0.29) is 52.5 Å². The molecule has 0 N–H and O–H groups in total. The van der Waals surface area contributed by atoms with Crippen molar-refractivity contribution >= 4 is 11.8 Å². The van der Waals surface area contributed by atoms with E-state index in [0.717, 1.165) is 5.69 Å². The van der Waals surface area contributed by atoms with Gasteiger partial charge in [-0.1, -0.05) is 30.3 Å². The first-order valence-corrected chi connectivity index (χ1v) is 11.1. The number of benzene rings is 2. The van der Waals surface area contributed by atoms with Crippen molar-refractivity contribution in [3.05, 3.63) is 130 Å². The number of ketones is 1. The molecular weight excluding hydrogens is 473 g/mol. The second-order valence-corrected chi connectivity index (χ2v) is 7.97. The van der Waals surface area contributed by atoms with Crippen LogP contribution in [0.25, 0.3) is 0 Å². The van der Waals surface area contributed by atoms with Gasteiger partial charge < -0.3 is 9.90 Å². The van der Waals surface area contributed by atoms with Crippen LogP contribution in [0.15, 0.2) is 79.1 Å². The average Bonchev–Trinajstić information content (AvgIpc) is 3.02. The Balaban J connectivity index is 0.000000195. The molecule has 176 valence electrons. The Morgan fingerprint density at radius 3 is 2.28 bits per heavy atom. The molecule has 0 bridgehead atoms. The standard InChI is InChI=1S/C14H12FNO2.C14H10FNO.Na/c15-12-6-2-1-4-10(12)7-8-13-11(14(17)18)5-3-9-16-13;15-12-5-1-3-10-9(12)6-7-13-11(14(10)17)4-2-8-16-13;/h1-6,9H,7-8H2,(H,17,18);1-5,8H,6-7H2;/q;;+1/p-1. The van der Waals surface area contributed by atoms with E-state index in [4.69, 9.17) is 0 Å². The molecule has 1 aliphatic rings. The summed E-state index contributed by atoms with van der Waals surface area (Å²) < 4.78 is 27.1. The van der Waals surface area contributed by atoms with Crippen molar-refractivity contribution in [3.63, 3.8) is 0 Å². The van der Waals surface area contributed by atoms with Gasteiger partial charge in [0.15, 0.2) is 5.78 Å².